The Labute approximate surface area is 133 Å². The largest absolute Gasteiger partial charge is 0.352 e. The van der Waals surface area contributed by atoms with Crippen LogP contribution in [0, 0.1) is 5.41 Å². The number of hydrogen-bond donors (Lipinski definition) is 0. The number of nitrogens with zero attached hydrogens (tertiary/aromatic N) is 2. The first-order valence-corrected chi connectivity index (χ1v) is 9.34. The standard InChI is InChI=1S/C15H25ClN2O2S/c1-15(2)7-5-12(6-8-15)18(4)21(19,20)14-9-13(10-16)17(3)11-14/h9,11-12H,5-8,10H2,1-4H3. The predicted octanol–water partition coefficient (Wildman–Crippen LogP) is 3.35. The van der Waals surface area contributed by atoms with Crippen molar-refractivity contribution < 1.29 is 8.42 Å². The van der Waals surface area contributed by atoms with E-state index in [-0.39, 0.29) is 6.04 Å². The first-order valence-electron chi connectivity index (χ1n) is 7.36. The van der Waals surface area contributed by atoms with Crippen molar-refractivity contribution in [3.8, 4) is 0 Å². The summed E-state index contributed by atoms with van der Waals surface area (Å²) in [4.78, 5) is 0.341. The monoisotopic (exact) mass is 332 g/mol. The van der Waals surface area contributed by atoms with E-state index in [1.54, 1.807) is 28.2 Å². The maximum atomic E-state index is 12.7. The average molecular weight is 333 g/mol. The molecule has 0 radical (unpaired) electrons. The Balaban J connectivity index is 2.19. The fraction of sp³-hybridized carbons (Fsp3) is 0.733. The molecule has 0 bridgehead atoms. The van der Waals surface area contributed by atoms with Gasteiger partial charge in [0.15, 0.2) is 0 Å². The SMILES string of the molecule is CN(C1CCC(C)(C)CC1)S(=O)(=O)c1cc(CCl)n(C)c1. The summed E-state index contributed by atoms with van der Waals surface area (Å²) in [7, 11) is 0.0856. The van der Waals surface area contributed by atoms with Crippen LogP contribution in [0.1, 0.15) is 45.2 Å². The molecular weight excluding hydrogens is 308 g/mol. The highest BCUT2D eigenvalue weighted by Crippen LogP contribution is 2.37. The average Bonchev–Trinajstić information content (AvgIpc) is 2.80. The van der Waals surface area contributed by atoms with Gasteiger partial charge in [-0.2, -0.15) is 4.31 Å². The second kappa shape index (κ2) is 5.94. The third-order valence-electron chi connectivity index (χ3n) is 4.72. The van der Waals surface area contributed by atoms with Gasteiger partial charge in [0.05, 0.1) is 5.88 Å². The summed E-state index contributed by atoms with van der Waals surface area (Å²) in [5.74, 6) is 0.313. The molecule has 0 atom stereocenters. The minimum absolute atomic E-state index is 0.0997. The Morgan fingerprint density at radius 2 is 1.95 bits per heavy atom. The van der Waals surface area contributed by atoms with Gasteiger partial charge >= 0.3 is 0 Å². The maximum Gasteiger partial charge on any atom is 0.244 e. The van der Waals surface area contributed by atoms with Crippen LogP contribution in [0.4, 0.5) is 0 Å². The molecule has 1 saturated carbocycles. The zero-order valence-corrected chi connectivity index (χ0v) is 14.8. The van der Waals surface area contributed by atoms with Crippen molar-refractivity contribution in [3.05, 3.63) is 18.0 Å². The summed E-state index contributed by atoms with van der Waals surface area (Å²) in [6.45, 7) is 4.50. The second-order valence-electron chi connectivity index (χ2n) is 6.83. The molecule has 2 rings (SSSR count). The Bertz CT molecular complexity index is 597. The van der Waals surface area contributed by atoms with E-state index in [4.69, 9.17) is 11.6 Å². The first kappa shape index (κ1) is 16.8. The molecule has 1 aliphatic rings. The van der Waals surface area contributed by atoms with Crippen molar-refractivity contribution in [1.29, 1.82) is 0 Å². The van der Waals surface area contributed by atoms with Crippen LogP contribution in [-0.2, 0) is 23.0 Å². The van der Waals surface area contributed by atoms with Crippen LogP contribution in [0.15, 0.2) is 17.2 Å². The minimum Gasteiger partial charge on any atom is -0.352 e. The molecule has 6 heteroatoms. The number of hydrogen-bond acceptors (Lipinski definition) is 2. The summed E-state index contributed by atoms with van der Waals surface area (Å²) >= 11 is 5.83. The van der Waals surface area contributed by atoms with Gasteiger partial charge in [0.1, 0.15) is 4.90 Å². The van der Waals surface area contributed by atoms with Gasteiger partial charge in [0.25, 0.3) is 0 Å². The van der Waals surface area contributed by atoms with E-state index >= 15 is 0 Å². The molecule has 1 aliphatic carbocycles. The third-order valence-corrected chi connectivity index (χ3v) is 6.87. The molecule has 0 aliphatic heterocycles. The molecule has 120 valence electrons. The van der Waals surface area contributed by atoms with Crippen molar-refractivity contribution in [2.45, 2.75) is 56.3 Å². The van der Waals surface area contributed by atoms with Gasteiger partial charge in [-0.25, -0.2) is 8.42 Å². The normalized spacial score (nSPS) is 20.1. The summed E-state index contributed by atoms with van der Waals surface area (Å²) in [6, 6.07) is 1.77. The van der Waals surface area contributed by atoms with Crippen LogP contribution in [0.5, 0.6) is 0 Å². The van der Waals surface area contributed by atoms with Gasteiger partial charge in [-0.15, -0.1) is 11.6 Å². The topological polar surface area (TPSA) is 42.3 Å². The second-order valence-corrected chi connectivity index (χ2v) is 9.09. The first-order chi connectivity index (χ1) is 9.67. The Morgan fingerprint density at radius 3 is 2.43 bits per heavy atom. The smallest absolute Gasteiger partial charge is 0.244 e. The van der Waals surface area contributed by atoms with Crippen LogP contribution in [0.2, 0.25) is 0 Å². The Hall–Kier alpha value is -0.520. The molecule has 0 saturated heterocycles. The van der Waals surface area contributed by atoms with E-state index in [0.29, 0.717) is 16.2 Å². The van der Waals surface area contributed by atoms with E-state index in [1.165, 1.54) is 0 Å². The number of rotatable bonds is 4. The number of sulfonamides is 1. The van der Waals surface area contributed by atoms with Crippen molar-refractivity contribution in [2.75, 3.05) is 7.05 Å². The molecular formula is C15H25ClN2O2S. The zero-order valence-electron chi connectivity index (χ0n) is 13.3. The lowest BCUT2D eigenvalue weighted by atomic mass is 9.76. The molecule has 0 amide bonds. The lowest BCUT2D eigenvalue weighted by molar-refractivity contribution is 0.174. The third kappa shape index (κ3) is 3.46. The molecule has 0 N–H and O–H groups in total. The number of halogens is 1. The van der Waals surface area contributed by atoms with Crippen molar-refractivity contribution >= 4 is 21.6 Å². The van der Waals surface area contributed by atoms with E-state index in [9.17, 15) is 8.42 Å². The lowest BCUT2D eigenvalue weighted by Crippen LogP contribution is -2.40. The van der Waals surface area contributed by atoms with E-state index in [2.05, 4.69) is 13.8 Å². The quantitative estimate of drug-likeness (QED) is 0.793. The number of aryl methyl sites for hydroxylation is 1. The molecule has 1 fully saturated rings. The highest BCUT2D eigenvalue weighted by molar-refractivity contribution is 7.89. The van der Waals surface area contributed by atoms with Crippen molar-refractivity contribution in [3.63, 3.8) is 0 Å². The fourth-order valence-corrected chi connectivity index (χ4v) is 4.74. The van der Waals surface area contributed by atoms with Crippen LogP contribution in [0.25, 0.3) is 0 Å². The molecule has 0 spiro atoms. The molecule has 1 aromatic rings. The summed E-state index contributed by atoms with van der Waals surface area (Å²) < 4.78 is 28.8. The van der Waals surface area contributed by atoms with Gasteiger partial charge in [0, 0.05) is 32.0 Å². The minimum atomic E-state index is -3.43. The molecule has 1 heterocycles. The highest BCUT2D eigenvalue weighted by Gasteiger charge is 2.34. The van der Waals surface area contributed by atoms with E-state index in [1.807, 2.05) is 7.05 Å². The van der Waals surface area contributed by atoms with Crippen LogP contribution < -0.4 is 0 Å². The Morgan fingerprint density at radius 1 is 1.38 bits per heavy atom. The van der Waals surface area contributed by atoms with Crippen molar-refractivity contribution in [2.24, 2.45) is 12.5 Å². The Kier molecular flexibility index (Phi) is 4.76. The molecule has 4 nitrogen and oxygen atoms in total. The molecule has 0 unspecified atom stereocenters. The summed E-state index contributed by atoms with van der Waals surface area (Å²) in [5.41, 5.74) is 1.15. The van der Waals surface area contributed by atoms with Crippen LogP contribution >= 0.6 is 11.6 Å². The summed E-state index contributed by atoms with van der Waals surface area (Å²) in [6.07, 6.45) is 5.64. The fourth-order valence-electron chi connectivity index (χ4n) is 2.96. The van der Waals surface area contributed by atoms with Crippen LogP contribution in [-0.4, -0.2) is 30.4 Å². The maximum absolute atomic E-state index is 12.7. The van der Waals surface area contributed by atoms with Gasteiger partial charge in [-0.05, 0) is 37.2 Å². The number of alkyl halides is 1. The summed E-state index contributed by atoms with van der Waals surface area (Å²) in [5, 5.41) is 0. The van der Waals surface area contributed by atoms with Gasteiger partial charge in [-0.3, -0.25) is 0 Å². The van der Waals surface area contributed by atoms with Gasteiger partial charge < -0.3 is 4.57 Å². The van der Waals surface area contributed by atoms with Crippen molar-refractivity contribution in [1.82, 2.24) is 8.87 Å². The number of aromatic nitrogens is 1. The predicted molar refractivity (Wildman–Crippen MR) is 86.0 cm³/mol. The molecule has 21 heavy (non-hydrogen) atoms. The van der Waals surface area contributed by atoms with Crippen LogP contribution in [0.3, 0.4) is 0 Å². The molecule has 0 aromatic carbocycles. The van der Waals surface area contributed by atoms with E-state index < -0.39 is 10.0 Å². The van der Waals surface area contributed by atoms with Gasteiger partial charge in [-0.1, -0.05) is 13.8 Å². The van der Waals surface area contributed by atoms with Gasteiger partial charge in [0.2, 0.25) is 10.0 Å². The zero-order chi connectivity index (χ0) is 15.8. The van der Waals surface area contributed by atoms with E-state index in [0.717, 1.165) is 31.4 Å². The highest BCUT2D eigenvalue weighted by atomic mass is 35.5. The lowest BCUT2D eigenvalue weighted by Gasteiger charge is -2.37. The molecule has 1 aromatic heterocycles.